The number of anilines is 1. The molecule has 0 aliphatic heterocycles. The lowest BCUT2D eigenvalue weighted by Crippen LogP contribution is -2.33. The predicted octanol–water partition coefficient (Wildman–Crippen LogP) is 1.46. The molecule has 0 aliphatic carbocycles. The molecule has 0 heterocycles. The number of benzene rings is 1. The average molecular weight is 315 g/mol. The number of amides is 2. The SMILES string of the molecule is COc1cc(NC(=O)CN(C)C(C)=O)c(Cl)cc1C(=O)O. The Hall–Kier alpha value is -2.28. The number of methoxy groups -OCH3 is 1. The van der Waals surface area contributed by atoms with Gasteiger partial charge in [0.1, 0.15) is 11.3 Å². The van der Waals surface area contributed by atoms with E-state index in [0.717, 1.165) is 0 Å². The van der Waals surface area contributed by atoms with Crippen LogP contribution in [-0.2, 0) is 9.59 Å². The van der Waals surface area contributed by atoms with Crippen molar-refractivity contribution in [2.75, 3.05) is 26.0 Å². The van der Waals surface area contributed by atoms with Gasteiger partial charge in [0.05, 0.1) is 24.4 Å². The van der Waals surface area contributed by atoms with Crippen molar-refractivity contribution < 1.29 is 24.2 Å². The van der Waals surface area contributed by atoms with Gasteiger partial charge in [0.25, 0.3) is 0 Å². The van der Waals surface area contributed by atoms with Crippen LogP contribution in [-0.4, -0.2) is 48.5 Å². The number of nitrogens with zero attached hydrogens (tertiary/aromatic N) is 1. The van der Waals surface area contributed by atoms with Crippen LogP contribution in [0.3, 0.4) is 0 Å². The molecule has 2 N–H and O–H groups in total. The fourth-order valence-electron chi connectivity index (χ4n) is 1.50. The maximum Gasteiger partial charge on any atom is 0.339 e. The van der Waals surface area contributed by atoms with Crippen LogP contribution in [0, 0.1) is 0 Å². The Bertz CT molecular complexity index is 588. The van der Waals surface area contributed by atoms with Gasteiger partial charge in [-0.15, -0.1) is 0 Å². The summed E-state index contributed by atoms with van der Waals surface area (Å²) in [5, 5.41) is 11.6. The van der Waals surface area contributed by atoms with Gasteiger partial charge in [-0.1, -0.05) is 11.6 Å². The van der Waals surface area contributed by atoms with E-state index in [1.165, 1.54) is 38.1 Å². The molecule has 0 bridgehead atoms. The van der Waals surface area contributed by atoms with Gasteiger partial charge >= 0.3 is 5.97 Å². The van der Waals surface area contributed by atoms with E-state index in [0.29, 0.717) is 0 Å². The second kappa shape index (κ2) is 6.94. The Morgan fingerprint density at radius 1 is 1.38 bits per heavy atom. The van der Waals surface area contributed by atoms with E-state index < -0.39 is 11.9 Å². The number of halogens is 1. The topological polar surface area (TPSA) is 95.9 Å². The summed E-state index contributed by atoms with van der Waals surface area (Å²) in [5.41, 5.74) is 0.0989. The second-order valence-electron chi connectivity index (χ2n) is 4.26. The molecule has 1 aromatic carbocycles. The van der Waals surface area contributed by atoms with Crippen molar-refractivity contribution in [1.29, 1.82) is 0 Å². The molecule has 1 aromatic rings. The number of rotatable bonds is 5. The first kappa shape index (κ1) is 16.8. The normalized spacial score (nSPS) is 9.90. The fraction of sp³-hybridized carbons (Fsp3) is 0.308. The summed E-state index contributed by atoms with van der Waals surface area (Å²) in [6.45, 7) is 1.19. The zero-order valence-electron chi connectivity index (χ0n) is 11.8. The number of ether oxygens (including phenoxy) is 1. The Morgan fingerprint density at radius 2 is 2.00 bits per heavy atom. The first-order chi connectivity index (χ1) is 9.76. The molecule has 8 heteroatoms. The van der Waals surface area contributed by atoms with E-state index in [1.54, 1.807) is 0 Å². The van der Waals surface area contributed by atoms with E-state index in [1.807, 2.05) is 0 Å². The summed E-state index contributed by atoms with van der Waals surface area (Å²) >= 11 is 5.93. The monoisotopic (exact) mass is 314 g/mol. The van der Waals surface area contributed by atoms with Crippen LogP contribution in [0.5, 0.6) is 5.75 Å². The Labute approximate surface area is 126 Å². The number of hydrogen-bond acceptors (Lipinski definition) is 4. The van der Waals surface area contributed by atoms with E-state index in [4.69, 9.17) is 21.4 Å². The highest BCUT2D eigenvalue weighted by Crippen LogP contribution is 2.31. The zero-order chi connectivity index (χ0) is 16.2. The van der Waals surface area contributed by atoms with Crippen molar-refractivity contribution in [3.8, 4) is 5.75 Å². The van der Waals surface area contributed by atoms with Gasteiger partial charge in [0.15, 0.2) is 0 Å². The minimum atomic E-state index is -1.19. The smallest absolute Gasteiger partial charge is 0.339 e. The van der Waals surface area contributed by atoms with E-state index in [2.05, 4.69) is 5.32 Å². The van der Waals surface area contributed by atoms with Crippen LogP contribution in [0.4, 0.5) is 5.69 Å². The maximum absolute atomic E-state index is 11.8. The highest BCUT2D eigenvalue weighted by molar-refractivity contribution is 6.34. The van der Waals surface area contributed by atoms with Crippen LogP contribution >= 0.6 is 11.6 Å². The van der Waals surface area contributed by atoms with Gasteiger partial charge in [-0.2, -0.15) is 0 Å². The molecule has 0 spiro atoms. The maximum atomic E-state index is 11.8. The molecule has 0 saturated carbocycles. The number of carbonyl (C=O) groups excluding carboxylic acids is 2. The van der Waals surface area contributed by atoms with E-state index in [9.17, 15) is 14.4 Å². The largest absolute Gasteiger partial charge is 0.496 e. The Balaban J connectivity index is 2.96. The summed E-state index contributed by atoms with van der Waals surface area (Å²) in [6.07, 6.45) is 0. The molecule has 0 atom stereocenters. The Kier molecular flexibility index (Phi) is 5.54. The molecule has 0 aliphatic rings. The highest BCUT2D eigenvalue weighted by atomic mass is 35.5. The van der Waals surface area contributed by atoms with Crippen LogP contribution in [0.2, 0.25) is 5.02 Å². The van der Waals surface area contributed by atoms with Crippen molar-refractivity contribution in [1.82, 2.24) is 4.90 Å². The first-order valence-electron chi connectivity index (χ1n) is 5.88. The number of nitrogens with one attached hydrogen (secondary N) is 1. The molecule has 0 saturated heterocycles. The van der Waals surface area contributed by atoms with Crippen molar-refractivity contribution in [2.45, 2.75) is 6.92 Å². The van der Waals surface area contributed by atoms with Gasteiger partial charge in [-0.25, -0.2) is 4.79 Å². The van der Waals surface area contributed by atoms with Crippen LogP contribution < -0.4 is 10.1 Å². The third-order valence-electron chi connectivity index (χ3n) is 2.71. The highest BCUT2D eigenvalue weighted by Gasteiger charge is 2.17. The molecule has 0 aromatic heterocycles. The standard InChI is InChI=1S/C13H15ClN2O5/c1-7(17)16(2)6-12(18)15-10-5-11(21-3)8(13(19)20)4-9(10)14/h4-5H,6H2,1-3H3,(H,15,18)(H,19,20). The fourth-order valence-corrected chi connectivity index (χ4v) is 1.71. The van der Waals surface area contributed by atoms with Crippen molar-refractivity contribution in [3.63, 3.8) is 0 Å². The minimum absolute atomic E-state index is 0.0621. The van der Waals surface area contributed by atoms with Crippen LogP contribution in [0.25, 0.3) is 0 Å². The molecule has 1 rings (SSSR count). The van der Waals surface area contributed by atoms with E-state index >= 15 is 0 Å². The molecule has 0 unspecified atom stereocenters. The lowest BCUT2D eigenvalue weighted by molar-refractivity contribution is -0.131. The van der Waals surface area contributed by atoms with Gasteiger partial charge in [0, 0.05) is 20.0 Å². The molecular formula is C13H15ClN2O5. The second-order valence-corrected chi connectivity index (χ2v) is 4.67. The molecule has 7 nitrogen and oxygen atoms in total. The van der Waals surface area contributed by atoms with Crippen LogP contribution in [0.15, 0.2) is 12.1 Å². The average Bonchev–Trinajstić information content (AvgIpc) is 2.40. The molecule has 0 radical (unpaired) electrons. The molecular weight excluding hydrogens is 300 g/mol. The van der Waals surface area contributed by atoms with Gasteiger partial charge in [-0.05, 0) is 6.07 Å². The number of carboxylic acid groups (broad SMARTS) is 1. The lowest BCUT2D eigenvalue weighted by atomic mass is 10.1. The summed E-state index contributed by atoms with van der Waals surface area (Å²) in [7, 11) is 2.79. The van der Waals surface area contributed by atoms with Crippen molar-refractivity contribution in [2.24, 2.45) is 0 Å². The van der Waals surface area contributed by atoms with Gasteiger partial charge < -0.3 is 20.1 Å². The summed E-state index contributed by atoms with van der Waals surface area (Å²) in [6, 6.07) is 2.50. The lowest BCUT2D eigenvalue weighted by Gasteiger charge is -2.15. The van der Waals surface area contributed by atoms with E-state index in [-0.39, 0.29) is 34.5 Å². The summed E-state index contributed by atoms with van der Waals surface area (Å²) in [5.74, 6) is -1.83. The molecule has 2 amide bonds. The number of carbonyl (C=O) groups is 3. The zero-order valence-corrected chi connectivity index (χ0v) is 12.5. The first-order valence-corrected chi connectivity index (χ1v) is 6.26. The summed E-state index contributed by atoms with van der Waals surface area (Å²) in [4.78, 5) is 35.1. The summed E-state index contributed by atoms with van der Waals surface area (Å²) < 4.78 is 4.95. The minimum Gasteiger partial charge on any atom is -0.496 e. The number of hydrogen-bond donors (Lipinski definition) is 2. The molecule has 21 heavy (non-hydrogen) atoms. The Morgan fingerprint density at radius 3 is 2.48 bits per heavy atom. The predicted molar refractivity (Wildman–Crippen MR) is 76.9 cm³/mol. The third kappa shape index (κ3) is 4.35. The van der Waals surface area contributed by atoms with Gasteiger partial charge in [-0.3, -0.25) is 9.59 Å². The quantitative estimate of drug-likeness (QED) is 0.858. The number of aromatic carboxylic acids is 1. The van der Waals surface area contributed by atoms with Crippen LogP contribution in [0.1, 0.15) is 17.3 Å². The van der Waals surface area contributed by atoms with Gasteiger partial charge in [0.2, 0.25) is 11.8 Å². The number of likely N-dealkylation sites (N-methyl/N-ethyl adjacent to an activating group) is 1. The molecule has 114 valence electrons. The third-order valence-corrected chi connectivity index (χ3v) is 3.02. The number of carboxylic acids is 1. The van der Waals surface area contributed by atoms with Crippen molar-refractivity contribution >= 4 is 35.1 Å². The molecule has 0 fully saturated rings. The van der Waals surface area contributed by atoms with Crippen molar-refractivity contribution in [3.05, 3.63) is 22.7 Å².